The van der Waals surface area contributed by atoms with Gasteiger partial charge in [-0.1, -0.05) is 0 Å². The maximum atomic E-state index is 11.7. The summed E-state index contributed by atoms with van der Waals surface area (Å²) in [4.78, 5) is 11.7. The smallest absolute Gasteiger partial charge is 0.221 e. The summed E-state index contributed by atoms with van der Waals surface area (Å²) in [6.07, 6.45) is 5.21. The van der Waals surface area contributed by atoms with Gasteiger partial charge in [0.25, 0.3) is 0 Å². The summed E-state index contributed by atoms with van der Waals surface area (Å²) in [6.45, 7) is 2.59. The Labute approximate surface area is 124 Å². The van der Waals surface area contributed by atoms with E-state index in [1.165, 1.54) is 0 Å². The van der Waals surface area contributed by atoms with E-state index in [1.54, 1.807) is 6.20 Å². The molecule has 19 heavy (non-hydrogen) atoms. The van der Waals surface area contributed by atoms with Crippen molar-refractivity contribution in [3.8, 4) is 0 Å². The normalized spacial score (nSPS) is 18.6. The van der Waals surface area contributed by atoms with Crippen molar-refractivity contribution in [2.24, 2.45) is 0 Å². The van der Waals surface area contributed by atoms with E-state index in [0.717, 1.165) is 37.6 Å². The number of halogens is 1. The Bertz CT molecular complexity index is 355. The summed E-state index contributed by atoms with van der Waals surface area (Å²) in [5, 5.41) is 10.4. The molecule has 0 aromatic carbocycles. The van der Waals surface area contributed by atoms with E-state index < -0.39 is 0 Å². The van der Waals surface area contributed by atoms with Gasteiger partial charge >= 0.3 is 0 Å². The zero-order valence-electron chi connectivity index (χ0n) is 10.9. The lowest BCUT2D eigenvalue weighted by molar-refractivity contribution is -0.121. The molecule has 1 aliphatic heterocycles. The van der Waals surface area contributed by atoms with Crippen LogP contribution in [0.3, 0.4) is 0 Å². The van der Waals surface area contributed by atoms with E-state index in [4.69, 9.17) is 0 Å². The number of thioether (sulfide) groups is 1. The maximum Gasteiger partial charge on any atom is 0.221 e. The van der Waals surface area contributed by atoms with Gasteiger partial charge in [0.05, 0.1) is 0 Å². The summed E-state index contributed by atoms with van der Waals surface area (Å²) in [6, 6.07) is 2.25. The second-order valence-electron chi connectivity index (χ2n) is 4.40. The van der Waals surface area contributed by atoms with Gasteiger partial charge in [0, 0.05) is 56.0 Å². The molecule has 0 saturated carbocycles. The molecule has 0 aliphatic carbocycles. The van der Waals surface area contributed by atoms with Crippen LogP contribution in [0.15, 0.2) is 18.5 Å². The van der Waals surface area contributed by atoms with Crippen LogP contribution in [0, 0.1) is 0 Å². The maximum absolute atomic E-state index is 11.7. The first-order valence-corrected chi connectivity index (χ1v) is 7.55. The summed E-state index contributed by atoms with van der Waals surface area (Å²) in [7, 11) is 0. The molecule has 1 aromatic heterocycles. The minimum absolute atomic E-state index is 0. The molecule has 2 N–H and O–H groups in total. The van der Waals surface area contributed by atoms with Crippen molar-refractivity contribution in [3.63, 3.8) is 0 Å². The molecule has 2 heterocycles. The van der Waals surface area contributed by atoms with Crippen molar-refractivity contribution in [2.45, 2.75) is 25.4 Å². The van der Waals surface area contributed by atoms with Gasteiger partial charge < -0.3 is 10.6 Å². The fraction of sp³-hybridized carbons (Fsp3) is 0.667. The van der Waals surface area contributed by atoms with Gasteiger partial charge in [0.15, 0.2) is 0 Å². The Kier molecular flexibility index (Phi) is 7.93. The number of hydrogen-bond donors (Lipinski definition) is 2. The highest BCUT2D eigenvalue weighted by Gasteiger charge is 2.16. The molecule has 0 bridgehead atoms. The topological polar surface area (TPSA) is 59.0 Å². The molecule has 5 nitrogen and oxygen atoms in total. The first-order chi connectivity index (χ1) is 8.84. The largest absolute Gasteiger partial charge is 0.356 e. The molecule has 1 fully saturated rings. The first kappa shape index (κ1) is 16.3. The second kappa shape index (κ2) is 9.23. The van der Waals surface area contributed by atoms with Gasteiger partial charge in [-0.2, -0.15) is 16.9 Å². The van der Waals surface area contributed by atoms with E-state index in [9.17, 15) is 4.79 Å². The molecule has 108 valence electrons. The third-order valence-corrected chi connectivity index (χ3v) is 4.01. The van der Waals surface area contributed by atoms with Gasteiger partial charge in [-0.3, -0.25) is 9.48 Å². The summed E-state index contributed by atoms with van der Waals surface area (Å²) in [5.74, 6) is 2.35. The predicted octanol–water partition coefficient (Wildman–Crippen LogP) is 0.906. The van der Waals surface area contributed by atoms with E-state index in [0.29, 0.717) is 12.5 Å². The predicted molar refractivity (Wildman–Crippen MR) is 80.8 cm³/mol. The van der Waals surface area contributed by atoms with Crippen LogP contribution >= 0.6 is 24.2 Å². The summed E-state index contributed by atoms with van der Waals surface area (Å²) >= 11 is 1.92. The lowest BCUT2D eigenvalue weighted by atomic mass is 10.2. The Morgan fingerprint density at radius 3 is 3.16 bits per heavy atom. The number of nitrogens with one attached hydrogen (secondary N) is 2. The van der Waals surface area contributed by atoms with E-state index >= 15 is 0 Å². The Hall–Kier alpha value is -0.720. The minimum Gasteiger partial charge on any atom is -0.356 e. The molecule has 1 atom stereocenters. The summed E-state index contributed by atoms with van der Waals surface area (Å²) in [5.41, 5.74) is 0. The number of aromatic nitrogens is 2. The Morgan fingerprint density at radius 1 is 1.58 bits per heavy atom. The highest BCUT2D eigenvalue weighted by molar-refractivity contribution is 7.99. The quantitative estimate of drug-likeness (QED) is 0.767. The van der Waals surface area contributed by atoms with Gasteiger partial charge in [-0.25, -0.2) is 0 Å². The molecule has 7 heteroatoms. The van der Waals surface area contributed by atoms with Crippen LogP contribution in [0.4, 0.5) is 0 Å². The first-order valence-electron chi connectivity index (χ1n) is 6.40. The number of hydrogen-bond acceptors (Lipinski definition) is 4. The fourth-order valence-electron chi connectivity index (χ4n) is 1.95. The molecule has 1 saturated heterocycles. The molecular weight excluding hydrogens is 284 g/mol. The number of amides is 1. The monoisotopic (exact) mass is 304 g/mol. The lowest BCUT2D eigenvalue weighted by Gasteiger charge is -2.22. The number of carbonyl (C=O) groups excluding carboxylic acids is 1. The zero-order chi connectivity index (χ0) is 12.6. The second-order valence-corrected chi connectivity index (χ2v) is 5.55. The van der Waals surface area contributed by atoms with E-state index in [1.807, 2.05) is 28.7 Å². The number of aryl methyl sites for hydroxylation is 1. The third-order valence-electron chi connectivity index (χ3n) is 2.88. The van der Waals surface area contributed by atoms with Crippen LogP contribution in [0.1, 0.15) is 12.8 Å². The van der Waals surface area contributed by atoms with Gasteiger partial charge in [0.1, 0.15) is 0 Å². The van der Waals surface area contributed by atoms with Crippen LogP contribution in [-0.4, -0.2) is 46.3 Å². The number of rotatable bonds is 6. The zero-order valence-corrected chi connectivity index (χ0v) is 12.5. The van der Waals surface area contributed by atoms with Crippen LogP contribution in [0.5, 0.6) is 0 Å². The van der Waals surface area contributed by atoms with Gasteiger partial charge in [-0.15, -0.1) is 12.4 Å². The highest BCUT2D eigenvalue weighted by atomic mass is 35.5. The van der Waals surface area contributed by atoms with Crippen LogP contribution in [0.2, 0.25) is 0 Å². The molecule has 2 rings (SSSR count). The molecular formula is C12H21ClN4OS. The van der Waals surface area contributed by atoms with Crippen molar-refractivity contribution in [2.75, 3.05) is 24.6 Å². The van der Waals surface area contributed by atoms with E-state index in [-0.39, 0.29) is 18.3 Å². The van der Waals surface area contributed by atoms with Crippen molar-refractivity contribution < 1.29 is 4.79 Å². The van der Waals surface area contributed by atoms with Crippen LogP contribution in [0.25, 0.3) is 0 Å². The average molecular weight is 305 g/mol. The van der Waals surface area contributed by atoms with Crippen molar-refractivity contribution in [1.29, 1.82) is 0 Å². The van der Waals surface area contributed by atoms with Crippen LogP contribution < -0.4 is 10.6 Å². The highest BCUT2D eigenvalue weighted by Crippen LogP contribution is 2.09. The van der Waals surface area contributed by atoms with Crippen molar-refractivity contribution in [3.05, 3.63) is 18.5 Å². The summed E-state index contributed by atoms with van der Waals surface area (Å²) < 4.78 is 1.88. The lowest BCUT2D eigenvalue weighted by Crippen LogP contribution is -2.41. The SMILES string of the molecule is Cl.O=C(CC1CSCCN1)NCCCn1cccn1. The fourth-order valence-corrected chi connectivity index (χ4v) is 2.90. The molecule has 1 amide bonds. The average Bonchev–Trinajstić information content (AvgIpc) is 2.89. The van der Waals surface area contributed by atoms with Gasteiger partial charge in [-0.05, 0) is 12.5 Å². The standard InChI is InChI=1S/C12H20N4OS.ClH/c17-12(9-11-10-18-8-5-13-11)14-3-1-6-16-7-2-4-15-16;/h2,4,7,11,13H,1,3,5-6,8-10H2,(H,14,17);1H. The van der Waals surface area contributed by atoms with Crippen LogP contribution in [-0.2, 0) is 11.3 Å². The number of carbonyl (C=O) groups is 1. The molecule has 0 radical (unpaired) electrons. The van der Waals surface area contributed by atoms with Crippen molar-refractivity contribution in [1.82, 2.24) is 20.4 Å². The third kappa shape index (κ3) is 6.31. The Balaban J connectivity index is 0.00000180. The molecule has 1 unspecified atom stereocenters. The number of nitrogens with zero attached hydrogens (tertiary/aromatic N) is 2. The van der Waals surface area contributed by atoms with Crippen molar-refractivity contribution >= 4 is 30.1 Å². The van der Waals surface area contributed by atoms with Gasteiger partial charge in [0.2, 0.25) is 5.91 Å². The molecule has 1 aromatic rings. The molecule has 0 spiro atoms. The minimum atomic E-state index is 0. The van der Waals surface area contributed by atoms with E-state index in [2.05, 4.69) is 15.7 Å². The Morgan fingerprint density at radius 2 is 2.47 bits per heavy atom. The molecule has 1 aliphatic rings.